The number of carbonyl (C=O) groups is 2. The second kappa shape index (κ2) is 9.66. The molecule has 1 heterocycles. The van der Waals surface area contributed by atoms with E-state index in [1.165, 1.54) is 6.26 Å². The number of anilines is 3. The molecule has 0 aliphatic heterocycles. The van der Waals surface area contributed by atoms with Crippen molar-refractivity contribution in [1.82, 2.24) is 0 Å². The van der Waals surface area contributed by atoms with Crippen molar-refractivity contribution in [3.63, 3.8) is 0 Å². The highest BCUT2D eigenvalue weighted by Crippen LogP contribution is 2.27. The molecule has 0 unspecified atom stereocenters. The Morgan fingerprint density at radius 2 is 1.83 bits per heavy atom. The first-order valence-corrected chi connectivity index (χ1v) is 9.34. The Labute approximate surface area is 173 Å². The standard InChI is InChI=1S/C21H20ClN3O4/c1-2-28-18-7-4-3-6-16(18)24-20(26)13-23-15-10-9-14(22)12-17(15)25-21(27)19-8-5-11-29-19/h3-12,23H,2,13H2,1H3,(H,24,26)(H,25,27). The number of nitrogens with one attached hydrogen (secondary N) is 3. The molecule has 3 aromatic rings. The van der Waals surface area contributed by atoms with Crippen LogP contribution in [-0.2, 0) is 4.79 Å². The number of amides is 2. The second-order valence-electron chi connectivity index (χ2n) is 5.95. The summed E-state index contributed by atoms with van der Waals surface area (Å²) in [5.41, 5.74) is 1.56. The van der Waals surface area contributed by atoms with E-state index in [1.807, 2.05) is 19.1 Å². The average molecular weight is 414 g/mol. The largest absolute Gasteiger partial charge is 0.492 e. The minimum Gasteiger partial charge on any atom is -0.492 e. The van der Waals surface area contributed by atoms with Crippen LogP contribution in [0.1, 0.15) is 17.5 Å². The zero-order chi connectivity index (χ0) is 20.6. The van der Waals surface area contributed by atoms with Gasteiger partial charge in [0, 0.05) is 5.02 Å². The van der Waals surface area contributed by atoms with Gasteiger partial charge in [0.1, 0.15) is 5.75 Å². The molecule has 0 spiro atoms. The molecule has 0 saturated carbocycles. The van der Waals surface area contributed by atoms with Crippen molar-refractivity contribution in [3.8, 4) is 5.75 Å². The fourth-order valence-corrected chi connectivity index (χ4v) is 2.76. The maximum absolute atomic E-state index is 12.4. The molecule has 0 saturated heterocycles. The molecule has 29 heavy (non-hydrogen) atoms. The van der Waals surface area contributed by atoms with Crippen LogP contribution in [0, 0.1) is 0 Å². The van der Waals surface area contributed by atoms with Crippen LogP contribution in [0.2, 0.25) is 5.02 Å². The van der Waals surface area contributed by atoms with Crippen molar-refractivity contribution in [2.24, 2.45) is 0 Å². The summed E-state index contributed by atoms with van der Waals surface area (Å²) in [7, 11) is 0. The highest BCUT2D eigenvalue weighted by atomic mass is 35.5. The minimum absolute atomic E-state index is 0.0221. The van der Waals surface area contributed by atoms with Crippen molar-refractivity contribution >= 4 is 40.5 Å². The van der Waals surface area contributed by atoms with Crippen molar-refractivity contribution in [3.05, 3.63) is 71.6 Å². The van der Waals surface area contributed by atoms with E-state index in [1.54, 1.807) is 42.5 Å². The zero-order valence-corrected chi connectivity index (χ0v) is 16.5. The van der Waals surface area contributed by atoms with Gasteiger partial charge in [0.05, 0.1) is 36.5 Å². The zero-order valence-electron chi connectivity index (χ0n) is 15.7. The van der Waals surface area contributed by atoms with Crippen molar-refractivity contribution < 1.29 is 18.7 Å². The van der Waals surface area contributed by atoms with E-state index >= 15 is 0 Å². The maximum Gasteiger partial charge on any atom is 0.291 e. The molecule has 1 aromatic heterocycles. The van der Waals surface area contributed by atoms with Gasteiger partial charge in [-0.05, 0) is 49.4 Å². The first kappa shape index (κ1) is 20.3. The van der Waals surface area contributed by atoms with Crippen molar-refractivity contribution in [1.29, 1.82) is 0 Å². The van der Waals surface area contributed by atoms with E-state index in [9.17, 15) is 9.59 Å². The molecule has 0 fully saturated rings. The SMILES string of the molecule is CCOc1ccccc1NC(=O)CNc1ccc(Cl)cc1NC(=O)c1ccco1. The molecule has 0 aliphatic rings. The van der Waals surface area contributed by atoms with E-state index in [-0.39, 0.29) is 18.2 Å². The minimum atomic E-state index is -0.421. The Bertz CT molecular complexity index is 989. The molecule has 2 aromatic carbocycles. The average Bonchev–Trinajstić information content (AvgIpc) is 3.24. The number of halogens is 1. The van der Waals surface area contributed by atoms with Gasteiger partial charge in [-0.15, -0.1) is 0 Å². The lowest BCUT2D eigenvalue weighted by Gasteiger charge is -2.14. The summed E-state index contributed by atoms with van der Waals surface area (Å²) in [6.07, 6.45) is 1.41. The van der Waals surface area contributed by atoms with Gasteiger partial charge in [0.25, 0.3) is 5.91 Å². The molecule has 0 atom stereocenters. The molecule has 3 N–H and O–H groups in total. The van der Waals surface area contributed by atoms with Gasteiger partial charge < -0.3 is 25.1 Å². The van der Waals surface area contributed by atoms with Crippen molar-refractivity contribution in [2.75, 3.05) is 29.1 Å². The molecule has 7 nitrogen and oxygen atoms in total. The predicted octanol–water partition coefficient (Wildman–Crippen LogP) is 4.63. The fourth-order valence-electron chi connectivity index (χ4n) is 2.59. The highest BCUT2D eigenvalue weighted by Gasteiger charge is 2.13. The van der Waals surface area contributed by atoms with Gasteiger partial charge in [-0.3, -0.25) is 9.59 Å². The molecular formula is C21H20ClN3O4. The number of hydrogen-bond donors (Lipinski definition) is 3. The molecule has 0 bridgehead atoms. The Morgan fingerprint density at radius 3 is 2.59 bits per heavy atom. The molecule has 0 aliphatic carbocycles. The van der Waals surface area contributed by atoms with Crippen LogP contribution in [0.4, 0.5) is 17.1 Å². The number of benzene rings is 2. The molecule has 8 heteroatoms. The number of para-hydroxylation sites is 2. The number of hydrogen-bond acceptors (Lipinski definition) is 5. The molecule has 2 amide bonds. The van der Waals surface area contributed by atoms with Crippen LogP contribution < -0.4 is 20.7 Å². The first-order valence-electron chi connectivity index (χ1n) is 8.96. The van der Waals surface area contributed by atoms with Crippen LogP contribution >= 0.6 is 11.6 Å². The fraction of sp³-hybridized carbons (Fsp3) is 0.143. The topological polar surface area (TPSA) is 92.6 Å². The summed E-state index contributed by atoms with van der Waals surface area (Å²) in [6.45, 7) is 2.35. The Balaban J connectivity index is 1.66. The van der Waals surface area contributed by atoms with E-state index in [0.717, 1.165) is 0 Å². The van der Waals surface area contributed by atoms with Gasteiger partial charge in [-0.1, -0.05) is 23.7 Å². The Kier molecular flexibility index (Phi) is 6.76. The van der Waals surface area contributed by atoms with Crippen LogP contribution in [0.3, 0.4) is 0 Å². The summed E-state index contributed by atoms with van der Waals surface area (Å²) in [5.74, 6) is 0.0771. The van der Waals surface area contributed by atoms with Gasteiger partial charge in [0.2, 0.25) is 5.91 Å². The normalized spacial score (nSPS) is 10.3. The summed E-state index contributed by atoms with van der Waals surface area (Å²) >= 11 is 6.05. The summed E-state index contributed by atoms with van der Waals surface area (Å²) in [6, 6.07) is 15.3. The summed E-state index contributed by atoms with van der Waals surface area (Å²) in [5, 5.41) is 8.98. The molecular weight excluding hydrogens is 394 g/mol. The van der Waals surface area contributed by atoms with Crippen LogP contribution in [0.15, 0.2) is 65.3 Å². The van der Waals surface area contributed by atoms with Gasteiger partial charge in [-0.25, -0.2) is 0 Å². The summed E-state index contributed by atoms with van der Waals surface area (Å²) < 4.78 is 10.6. The number of carbonyl (C=O) groups excluding carboxylic acids is 2. The molecule has 0 radical (unpaired) electrons. The maximum atomic E-state index is 12.4. The number of rotatable bonds is 8. The highest BCUT2D eigenvalue weighted by molar-refractivity contribution is 6.31. The Morgan fingerprint density at radius 1 is 1.00 bits per heavy atom. The third-order valence-electron chi connectivity index (χ3n) is 3.88. The van der Waals surface area contributed by atoms with Crippen LogP contribution in [-0.4, -0.2) is 25.0 Å². The number of ether oxygens (including phenoxy) is 1. The molecule has 3 rings (SSSR count). The van der Waals surface area contributed by atoms with Crippen LogP contribution in [0.5, 0.6) is 5.75 Å². The van der Waals surface area contributed by atoms with E-state index in [4.69, 9.17) is 20.8 Å². The number of furan rings is 1. The van der Waals surface area contributed by atoms with E-state index in [0.29, 0.717) is 34.4 Å². The van der Waals surface area contributed by atoms with E-state index < -0.39 is 5.91 Å². The van der Waals surface area contributed by atoms with Crippen LogP contribution in [0.25, 0.3) is 0 Å². The van der Waals surface area contributed by atoms with Gasteiger partial charge in [0.15, 0.2) is 5.76 Å². The first-order chi connectivity index (χ1) is 14.1. The monoisotopic (exact) mass is 413 g/mol. The lowest BCUT2D eigenvalue weighted by atomic mass is 10.2. The van der Waals surface area contributed by atoms with E-state index in [2.05, 4.69) is 16.0 Å². The third-order valence-corrected chi connectivity index (χ3v) is 4.11. The Hall–Kier alpha value is -3.45. The second-order valence-corrected chi connectivity index (χ2v) is 6.39. The third kappa shape index (κ3) is 5.52. The van der Waals surface area contributed by atoms with Gasteiger partial charge >= 0.3 is 0 Å². The van der Waals surface area contributed by atoms with Crippen molar-refractivity contribution in [2.45, 2.75) is 6.92 Å². The lowest BCUT2D eigenvalue weighted by molar-refractivity contribution is -0.114. The predicted molar refractivity (Wildman–Crippen MR) is 113 cm³/mol. The smallest absolute Gasteiger partial charge is 0.291 e. The quantitative estimate of drug-likeness (QED) is 0.500. The molecule has 150 valence electrons. The summed E-state index contributed by atoms with van der Waals surface area (Å²) in [4.78, 5) is 24.6. The van der Waals surface area contributed by atoms with Gasteiger partial charge in [-0.2, -0.15) is 0 Å². The lowest BCUT2D eigenvalue weighted by Crippen LogP contribution is -2.23.